The standard InChI is InChI=1S/C9H7BrF3NO3S/c10-4-1-2-18-6(4)3-5(7(15)16)14-8(17)9(11,12)13/h1-2,5H,3H2,(H,14,17)(H,15,16)/t5-/m0/s1. The van der Waals surface area contributed by atoms with E-state index in [1.165, 1.54) is 16.7 Å². The zero-order valence-corrected chi connectivity index (χ0v) is 11.0. The molecule has 9 heteroatoms. The molecule has 1 aromatic heterocycles. The van der Waals surface area contributed by atoms with Gasteiger partial charge >= 0.3 is 18.1 Å². The number of amides is 1. The summed E-state index contributed by atoms with van der Waals surface area (Å²) in [5.74, 6) is -3.78. The second-order valence-corrected chi connectivity index (χ2v) is 5.11. The number of carboxylic acids is 1. The molecule has 1 aromatic rings. The molecule has 0 radical (unpaired) electrons. The number of nitrogens with one attached hydrogen (secondary N) is 1. The van der Waals surface area contributed by atoms with Gasteiger partial charge < -0.3 is 10.4 Å². The number of aliphatic carboxylic acids is 1. The van der Waals surface area contributed by atoms with Crippen molar-refractivity contribution in [2.75, 3.05) is 0 Å². The van der Waals surface area contributed by atoms with Crippen LogP contribution >= 0.6 is 27.3 Å². The normalized spacial score (nSPS) is 13.1. The summed E-state index contributed by atoms with van der Waals surface area (Å²) < 4.78 is 36.7. The van der Waals surface area contributed by atoms with Crippen LogP contribution in [0.2, 0.25) is 0 Å². The molecule has 4 nitrogen and oxygen atoms in total. The number of hydrogen-bond acceptors (Lipinski definition) is 3. The Morgan fingerprint density at radius 3 is 2.50 bits per heavy atom. The molecule has 0 aliphatic heterocycles. The van der Waals surface area contributed by atoms with Crippen LogP contribution in [0.3, 0.4) is 0 Å². The van der Waals surface area contributed by atoms with E-state index in [0.29, 0.717) is 9.35 Å². The molecule has 1 heterocycles. The lowest BCUT2D eigenvalue weighted by molar-refractivity contribution is -0.175. The SMILES string of the molecule is O=C(O)[C@H](Cc1sccc1Br)NC(=O)C(F)(F)F. The van der Waals surface area contributed by atoms with E-state index in [4.69, 9.17) is 5.11 Å². The van der Waals surface area contributed by atoms with Gasteiger partial charge in [-0.1, -0.05) is 0 Å². The van der Waals surface area contributed by atoms with Crippen molar-refractivity contribution in [3.8, 4) is 0 Å². The Bertz CT molecular complexity index is 460. The van der Waals surface area contributed by atoms with Crippen LogP contribution in [0.1, 0.15) is 4.88 Å². The number of thiophene rings is 1. The molecule has 0 fully saturated rings. The molecular formula is C9H7BrF3NO3S. The molecule has 1 atom stereocenters. The average Bonchev–Trinajstić information content (AvgIpc) is 2.61. The Hall–Kier alpha value is -1.09. The highest BCUT2D eigenvalue weighted by molar-refractivity contribution is 9.10. The van der Waals surface area contributed by atoms with E-state index in [1.54, 1.807) is 11.4 Å². The van der Waals surface area contributed by atoms with E-state index in [0.717, 1.165) is 0 Å². The van der Waals surface area contributed by atoms with Gasteiger partial charge in [0.15, 0.2) is 0 Å². The summed E-state index contributed by atoms with van der Waals surface area (Å²) in [6, 6.07) is 0.0267. The Morgan fingerprint density at radius 1 is 1.50 bits per heavy atom. The van der Waals surface area contributed by atoms with Crippen LogP contribution in [0.25, 0.3) is 0 Å². The lowest BCUT2D eigenvalue weighted by Crippen LogP contribution is -2.47. The van der Waals surface area contributed by atoms with Crippen LogP contribution < -0.4 is 5.32 Å². The molecule has 18 heavy (non-hydrogen) atoms. The summed E-state index contributed by atoms with van der Waals surface area (Å²) in [5.41, 5.74) is 0. The van der Waals surface area contributed by atoms with E-state index >= 15 is 0 Å². The number of carboxylic acid groups (broad SMARTS) is 1. The molecule has 1 amide bonds. The van der Waals surface area contributed by atoms with Gasteiger partial charge in [0.05, 0.1) is 0 Å². The highest BCUT2D eigenvalue weighted by Crippen LogP contribution is 2.24. The number of carbonyl (C=O) groups is 2. The fourth-order valence-electron chi connectivity index (χ4n) is 1.10. The fourth-order valence-corrected chi connectivity index (χ4v) is 2.66. The minimum Gasteiger partial charge on any atom is -0.480 e. The first-order chi connectivity index (χ1) is 8.21. The van der Waals surface area contributed by atoms with E-state index in [1.807, 2.05) is 0 Å². The van der Waals surface area contributed by atoms with E-state index in [-0.39, 0.29) is 6.42 Å². The second-order valence-electron chi connectivity index (χ2n) is 3.26. The zero-order valence-electron chi connectivity index (χ0n) is 8.62. The maximum Gasteiger partial charge on any atom is 0.471 e. The number of halogens is 4. The van der Waals surface area contributed by atoms with Crippen molar-refractivity contribution in [1.82, 2.24) is 5.32 Å². The van der Waals surface area contributed by atoms with Crippen LogP contribution in [0, 0.1) is 0 Å². The third-order valence-electron chi connectivity index (χ3n) is 1.94. The minimum absolute atomic E-state index is 0.213. The van der Waals surface area contributed by atoms with E-state index in [9.17, 15) is 22.8 Å². The summed E-state index contributed by atoms with van der Waals surface area (Å²) in [5, 5.41) is 11.9. The summed E-state index contributed by atoms with van der Waals surface area (Å²) in [6.45, 7) is 0. The molecule has 0 saturated carbocycles. The fraction of sp³-hybridized carbons (Fsp3) is 0.333. The van der Waals surface area contributed by atoms with Gasteiger partial charge in [0.2, 0.25) is 0 Å². The molecule has 0 spiro atoms. The van der Waals surface area contributed by atoms with Crippen LogP contribution in [-0.4, -0.2) is 29.2 Å². The van der Waals surface area contributed by atoms with Crippen LogP contribution in [0.15, 0.2) is 15.9 Å². The molecule has 0 aromatic carbocycles. The summed E-state index contributed by atoms with van der Waals surface area (Å²) in [4.78, 5) is 22.0. The van der Waals surface area contributed by atoms with Gasteiger partial charge in [-0.3, -0.25) is 4.79 Å². The second kappa shape index (κ2) is 5.70. The first-order valence-corrected chi connectivity index (χ1v) is 6.21. The highest BCUT2D eigenvalue weighted by atomic mass is 79.9. The molecule has 0 unspecified atom stereocenters. The predicted molar refractivity (Wildman–Crippen MR) is 61.3 cm³/mol. The van der Waals surface area contributed by atoms with Crippen LogP contribution in [-0.2, 0) is 16.0 Å². The lowest BCUT2D eigenvalue weighted by Gasteiger charge is -2.15. The first kappa shape index (κ1) is 15.0. The van der Waals surface area contributed by atoms with Crippen molar-refractivity contribution < 1.29 is 27.9 Å². The number of rotatable bonds is 4. The van der Waals surface area contributed by atoms with Crippen molar-refractivity contribution in [3.63, 3.8) is 0 Å². The van der Waals surface area contributed by atoms with Crippen LogP contribution in [0.5, 0.6) is 0 Å². The van der Waals surface area contributed by atoms with Gasteiger partial charge in [-0.05, 0) is 27.4 Å². The van der Waals surface area contributed by atoms with Gasteiger partial charge in [0.25, 0.3) is 0 Å². The largest absolute Gasteiger partial charge is 0.480 e. The quantitative estimate of drug-likeness (QED) is 0.878. The predicted octanol–water partition coefficient (Wildman–Crippen LogP) is 2.18. The molecular weight excluding hydrogens is 339 g/mol. The average molecular weight is 346 g/mol. The number of alkyl halides is 3. The molecule has 0 bridgehead atoms. The van der Waals surface area contributed by atoms with Gasteiger partial charge in [0.1, 0.15) is 6.04 Å². The summed E-state index contributed by atoms with van der Waals surface area (Å²) >= 11 is 4.32. The molecule has 2 N–H and O–H groups in total. The van der Waals surface area contributed by atoms with Gasteiger partial charge in [-0.25, -0.2) is 4.79 Å². The van der Waals surface area contributed by atoms with Gasteiger partial charge in [0, 0.05) is 15.8 Å². The minimum atomic E-state index is -5.10. The smallest absolute Gasteiger partial charge is 0.471 e. The summed E-state index contributed by atoms with van der Waals surface area (Å²) in [6.07, 6.45) is -5.31. The third-order valence-corrected chi connectivity index (χ3v) is 3.89. The van der Waals surface area contributed by atoms with Crippen molar-refractivity contribution in [3.05, 3.63) is 20.8 Å². The highest BCUT2D eigenvalue weighted by Gasteiger charge is 2.40. The first-order valence-electron chi connectivity index (χ1n) is 4.54. The van der Waals surface area contributed by atoms with Crippen molar-refractivity contribution in [2.45, 2.75) is 18.6 Å². The molecule has 100 valence electrons. The van der Waals surface area contributed by atoms with Crippen LogP contribution in [0.4, 0.5) is 13.2 Å². The van der Waals surface area contributed by atoms with E-state index < -0.39 is 24.1 Å². The maximum absolute atomic E-state index is 12.0. The molecule has 1 rings (SSSR count). The van der Waals surface area contributed by atoms with E-state index in [2.05, 4.69) is 15.9 Å². The summed E-state index contributed by atoms with van der Waals surface area (Å²) in [7, 11) is 0. The maximum atomic E-state index is 12.0. The van der Waals surface area contributed by atoms with Gasteiger partial charge in [-0.2, -0.15) is 13.2 Å². The molecule has 0 aliphatic carbocycles. The Balaban J connectivity index is 2.76. The Labute approximate surface area is 112 Å². The van der Waals surface area contributed by atoms with Crippen molar-refractivity contribution >= 4 is 39.1 Å². The third kappa shape index (κ3) is 3.98. The van der Waals surface area contributed by atoms with Crippen molar-refractivity contribution in [2.24, 2.45) is 0 Å². The van der Waals surface area contributed by atoms with Gasteiger partial charge in [-0.15, -0.1) is 11.3 Å². The molecule has 0 aliphatic rings. The zero-order chi connectivity index (χ0) is 13.9. The Morgan fingerprint density at radius 2 is 2.11 bits per heavy atom. The molecule has 0 saturated heterocycles. The topological polar surface area (TPSA) is 66.4 Å². The number of carbonyl (C=O) groups excluding carboxylic acids is 1. The number of hydrogen-bond donors (Lipinski definition) is 2. The lowest BCUT2D eigenvalue weighted by atomic mass is 10.2. The van der Waals surface area contributed by atoms with Crippen molar-refractivity contribution in [1.29, 1.82) is 0 Å². The monoisotopic (exact) mass is 345 g/mol. The Kier molecular flexibility index (Phi) is 4.74.